The van der Waals surface area contributed by atoms with Gasteiger partial charge in [-0.1, -0.05) is 59.4 Å². The maximum absolute atomic E-state index is 13.9. The van der Waals surface area contributed by atoms with E-state index >= 15 is 0 Å². The number of ether oxygens (including phenoxy) is 2. The molecule has 2 unspecified atom stereocenters. The van der Waals surface area contributed by atoms with E-state index in [1.54, 1.807) is 6.92 Å². The molecule has 0 aromatic heterocycles. The van der Waals surface area contributed by atoms with Gasteiger partial charge < -0.3 is 30.5 Å². The molecule has 336 valence electrons. The lowest BCUT2D eigenvalue weighted by atomic mass is 9.72. The van der Waals surface area contributed by atoms with E-state index in [0.717, 1.165) is 24.3 Å². The van der Waals surface area contributed by atoms with Gasteiger partial charge in [0.15, 0.2) is 11.2 Å². The van der Waals surface area contributed by atoms with E-state index in [9.17, 15) is 50.1 Å². The number of methoxy groups -OCH3 is 2. The van der Waals surface area contributed by atoms with Crippen molar-refractivity contribution >= 4 is 5.91 Å². The minimum Gasteiger partial charge on any atom is -0.496 e. The van der Waals surface area contributed by atoms with E-state index in [4.69, 9.17) is 25.6 Å². The molecule has 0 saturated carbocycles. The molecule has 5 N–H and O–H groups in total. The number of alkyl halides is 6. The summed E-state index contributed by atoms with van der Waals surface area (Å²) in [5.74, 6) is -1.56. The molecule has 2 atom stereocenters. The molecule has 0 bridgehead atoms. The Labute approximate surface area is 351 Å². The average molecular weight is 871 g/mol. The highest BCUT2D eigenvalue weighted by atomic mass is 19.4. The summed E-state index contributed by atoms with van der Waals surface area (Å²) in [6.45, 7) is 7.86. The number of hydrogen-bond acceptors (Lipinski definition) is 7. The van der Waals surface area contributed by atoms with Crippen molar-refractivity contribution in [1.29, 1.82) is 5.26 Å². The fraction of sp³-hybridized carbons (Fsp3) is 0.422. The third kappa shape index (κ3) is 14.4. The van der Waals surface area contributed by atoms with Gasteiger partial charge in [-0.15, -0.1) is 0 Å². The number of aliphatic hydroxyl groups excluding tert-OH is 1. The molecule has 0 aliphatic rings. The maximum Gasteiger partial charge on any atom is 0.417 e. The van der Waals surface area contributed by atoms with Gasteiger partial charge >= 0.3 is 12.4 Å². The number of nitriles is 1. The van der Waals surface area contributed by atoms with Crippen molar-refractivity contribution in [3.63, 3.8) is 0 Å². The van der Waals surface area contributed by atoms with E-state index < -0.39 is 77.6 Å². The van der Waals surface area contributed by atoms with Gasteiger partial charge in [-0.25, -0.2) is 8.78 Å². The van der Waals surface area contributed by atoms with Gasteiger partial charge in [0.25, 0.3) is 0 Å². The van der Waals surface area contributed by atoms with E-state index in [0.29, 0.717) is 0 Å². The first-order chi connectivity index (χ1) is 27.6. The third-order valence-electron chi connectivity index (χ3n) is 9.57. The summed E-state index contributed by atoms with van der Waals surface area (Å²) in [6.07, 6.45) is -12.9. The van der Waals surface area contributed by atoms with Gasteiger partial charge in [0.2, 0.25) is 5.91 Å². The number of amides is 1. The first kappa shape index (κ1) is 53.8. The largest absolute Gasteiger partial charge is 0.496 e. The normalized spacial score (nSPS) is 13.7. The van der Waals surface area contributed by atoms with Crippen LogP contribution in [0.1, 0.15) is 93.1 Å². The number of nitrogens with two attached hydrogens (primary N) is 1. The Hall–Kier alpha value is -5.24. The van der Waals surface area contributed by atoms with Gasteiger partial charge in [0, 0.05) is 36.1 Å². The number of carbonyl (C=O) groups is 1. The lowest BCUT2D eigenvalue weighted by molar-refractivity contribution is -0.266. The minimum absolute atomic E-state index is 0. The summed E-state index contributed by atoms with van der Waals surface area (Å²) < 4.78 is 121. The van der Waals surface area contributed by atoms with Crippen molar-refractivity contribution in [2.45, 2.75) is 102 Å². The smallest absolute Gasteiger partial charge is 0.417 e. The Morgan fingerprint density at radius 1 is 0.689 bits per heavy atom. The van der Waals surface area contributed by atoms with Crippen LogP contribution in [0.3, 0.4) is 0 Å². The predicted octanol–water partition coefficient (Wildman–Crippen LogP) is 9.68. The number of carbonyl (C=O) groups excluding carboxylic acids is 1. The topological polar surface area (TPSA) is 146 Å². The van der Waals surface area contributed by atoms with Crippen LogP contribution in [0.5, 0.6) is 11.5 Å². The molecule has 0 saturated heterocycles. The summed E-state index contributed by atoms with van der Waals surface area (Å²) in [4.78, 5) is 11.3. The number of aliphatic hydroxyl groups is 3. The number of hydrogen-bond donors (Lipinski definition) is 4. The molecular formula is C45H54F8N2O6. The Morgan fingerprint density at radius 2 is 1.07 bits per heavy atom. The quantitative estimate of drug-likeness (QED) is 0.0980. The predicted molar refractivity (Wildman–Crippen MR) is 216 cm³/mol. The molecule has 16 heteroatoms. The molecule has 0 fully saturated rings. The van der Waals surface area contributed by atoms with E-state index in [2.05, 4.69) is 0 Å². The lowest BCUT2D eigenvalue weighted by Crippen LogP contribution is -2.50. The second-order valence-electron chi connectivity index (χ2n) is 15.4. The summed E-state index contributed by atoms with van der Waals surface area (Å²) in [6, 6.07) is 20.1. The van der Waals surface area contributed by atoms with Crippen molar-refractivity contribution in [2.75, 3.05) is 20.8 Å². The molecule has 4 aromatic carbocycles. The summed E-state index contributed by atoms with van der Waals surface area (Å²) in [5, 5.41) is 37.9. The van der Waals surface area contributed by atoms with Crippen molar-refractivity contribution in [3.8, 4) is 17.6 Å². The van der Waals surface area contributed by atoms with Gasteiger partial charge in [0.05, 0.1) is 25.9 Å². The number of primary amides is 1. The highest BCUT2D eigenvalue weighted by molar-refractivity contribution is 5.92. The van der Waals surface area contributed by atoms with Gasteiger partial charge in [0.1, 0.15) is 23.1 Å². The van der Waals surface area contributed by atoms with Gasteiger partial charge in [-0.3, -0.25) is 4.79 Å². The van der Waals surface area contributed by atoms with Crippen molar-refractivity contribution < 1.29 is 64.7 Å². The molecular weight excluding hydrogens is 816 g/mol. The molecule has 0 heterocycles. The standard InChI is InChI=1S/C21H23F4NO3.C21H21F4NO2.C2H6O.CH4/c1-19(2,16-10-15(22)7-8-17(16)29-3)12-20(28,21(23,24)25)11-13-5-4-6-14(9-13)18(26)27;1-19(2,17-10-16(22)7-8-18(17)28-3)13-20(27,21(23,24)25)11-14-5-4-6-15(9-14)12-26;1-2-3;/h4-10,28H,11-12H2,1-3H3,(H2,26,27);4-10,27H,11,13H2,1-3H3;3H,2H2,1H3;1H4. The molecule has 0 aliphatic carbocycles. The minimum atomic E-state index is -4.98. The SMILES string of the molecule is C.CCO.COc1ccc(F)cc1C(C)(C)CC(O)(Cc1cccc(C#N)c1)C(F)(F)F.COc1ccc(F)cc1C(C)(C)CC(O)(Cc1cccc(C(N)=O)c1)C(F)(F)F. The number of rotatable bonds is 13. The van der Waals surface area contributed by atoms with Gasteiger partial charge in [-0.2, -0.15) is 31.6 Å². The Balaban J connectivity index is 0.000000564. The zero-order valence-corrected chi connectivity index (χ0v) is 34.2. The second kappa shape index (κ2) is 21.5. The van der Waals surface area contributed by atoms with Gasteiger partial charge in [-0.05, 0) is 102 Å². The van der Waals surface area contributed by atoms with Crippen LogP contribution in [0, 0.1) is 23.0 Å². The fourth-order valence-corrected chi connectivity index (χ4v) is 6.86. The maximum atomic E-state index is 13.9. The van der Waals surface area contributed by atoms with Crippen molar-refractivity contribution in [2.24, 2.45) is 5.73 Å². The van der Waals surface area contributed by atoms with Crippen LogP contribution in [-0.4, -0.2) is 65.6 Å². The van der Waals surface area contributed by atoms with Crippen LogP contribution in [0.2, 0.25) is 0 Å². The molecule has 0 spiro atoms. The Morgan fingerprint density at radius 3 is 1.41 bits per heavy atom. The highest BCUT2D eigenvalue weighted by Gasteiger charge is 2.57. The molecule has 8 nitrogen and oxygen atoms in total. The molecule has 1 amide bonds. The van der Waals surface area contributed by atoms with Crippen molar-refractivity contribution in [1.82, 2.24) is 0 Å². The lowest BCUT2D eigenvalue weighted by Gasteiger charge is -2.38. The van der Waals surface area contributed by atoms with Crippen LogP contribution >= 0.6 is 0 Å². The summed E-state index contributed by atoms with van der Waals surface area (Å²) >= 11 is 0. The molecule has 4 aromatic rings. The average Bonchev–Trinajstić information content (AvgIpc) is 3.14. The molecule has 0 aliphatic heterocycles. The molecule has 0 radical (unpaired) electrons. The van der Waals surface area contributed by atoms with Crippen LogP contribution < -0.4 is 15.2 Å². The van der Waals surface area contributed by atoms with E-state index in [1.165, 1.54) is 103 Å². The van der Waals surface area contributed by atoms with Crippen LogP contribution in [0.4, 0.5) is 35.1 Å². The Kier molecular flexibility index (Phi) is 19.0. The molecule has 61 heavy (non-hydrogen) atoms. The zero-order valence-electron chi connectivity index (χ0n) is 34.2. The van der Waals surface area contributed by atoms with Crippen LogP contribution in [-0.2, 0) is 23.7 Å². The molecule has 4 rings (SSSR count). The summed E-state index contributed by atoms with van der Waals surface area (Å²) in [7, 11) is 2.67. The van der Waals surface area contributed by atoms with E-state index in [-0.39, 0.29) is 58.9 Å². The number of nitrogens with zero attached hydrogens (tertiary/aromatic N) is 1. The van der Waals surface area contributed by atoms with Crippen molar-refractivity contribution in [3.05, 3.63) is 130 Å². The highest BCUT2D eigenvalue weighted by Crippen LogP contribution is 2.47. The first-order valence-corrected chi connectivity index (χ1v) is 18.4. The monoisotopic (exact) mass is 870 g/mol. The second-order valence-corrected chi connectivity index (χ2v) is 15.4. The number of benzene rings is 4. The third-order valence-corrected chi connectivity index (χ3v) is 9.57. The summed E-state index contributed by atoms with van der Waals surface area (Å²) in [5.41, 5.74) is -2.63. The first-order valence-electron chi connectivity index (χ1n) is 18.4. The van der Waals surface area contributed by atoms with Crippen LogP contribution in [0.15, 0.2) is 84.9 Å². The zero-order chi connectivity index (χ0) is 45.9. The Bertz CT molecular complexity index is 2100. The number of halogens is 8. The fourth-order valence-electron chi connectivity index (χ4n) is 6.86. The van der Waals surface area contributed by atoms with E-state index in [1.807, 2.05) is 6.07 Å². The van der Waals surface area contributed by atoms with Crippen LogP contribution in [0.25, 0.3) is 0 Å².